The molecule has 6 nitrogen and oxygen atoms in total. The van der Waals surface area contributed by atoms with Gasteiger partial charge in [0.2, 0.25) is 5.78 Å². The van der Waals surface area contributed by atoms with Crippen LogP contribution in [-0.2, 0) is 6.54 Å². The van der Waals surface area contributed by atoms with E-state index in [-0.39, 0.29) is 11.5 Å². The monoisotopic (exact) mass is 376 g/mol. The summed E-state index contributed by atoms with van der Waals surface area (Å²) >= 11 is 0. The molecule has 6 heteroatoms. The van der Waals surface area contributed by atoms with E-state index in [2.05, 4.69) is 17.6 Å². The van der Waals surface area contributed by atoms with Crippen molar-refractivity contribution in [3.8, 4) is 11.5 Å². The first-order chi connectivity index (χ1) is 13.5. The number of rotatable bonds is 3. The molecular weight excluding hydrogens is 356 g/mol. The van der Waals surface area contributed by atoms with Crippen LogP contribution in [0.15, 0.2) is 54.4 Å². The molecule has 1 aliphatic rings. The van der Waals surface area contributed by atoms with Gasteiger partial charge in [0.05, 0.1) is 5.56 Å². The molecular formula is C22H20N2O4. The van der Waals surface area contributed by atoms with Gasteiger partial charge in [-0.2, -0.15) is 0 Å². The number of ketones is 1. The number of aryl methyl sites for hydroxylation is 1. The number of nitrogens with zero attached hydrogens (tertiary/aromatic N) is 2. The van der Waals surface area contributed by atoms with Crippen molar-refractivity contribution in [2.75, 3.05) is 14.1 Å². The van der Waals surface area contributed by atoms with Gasteiger partial charge in [-0.05, 0) is 31.2 Å². The Morgan fingerprint density at radius 2 is 2.00 bits per heavy atom. The zero-order chi connectivity index (χ0) is 19.8. The number of para-hydroxylation sites is 1. The Balaban J connectivity index is 1.67. The minimum absolute atomic E-state index is 0.186. The molecule has 142 valence electrons. The quantitative estimate of drug-likeness (QED) is 0.638. The highest BCUT2D eigenvalue weighted by atomic mass is 16.6. The lowest BCUT2D eigenvalue weighted by atomic mass is 10.1. The topological polar surface area (TPSA) is 60.8 Å². The molecule has 0 N–H and O–H groups in total. The average molecular weight is 376 g/mol. The molecule has 0 radical (unpaired) electrons. The van der Waals surface area contributed by atoms with E-state index in [0.717, 1.165) is 23.0 Å². The van der Waals surface area contributed by atoms with Crippen LogP contribution in [-0.4, -0.2) is 35.4 Å². The molecule has 4 rings (SSSR count). The summed E-state index contributed by atoms with van der Waals surface area (Å²) in [5, 5.41) is 1.06. The number of ether oxygens (including phenoxy) is 2. The van der Waals surface area contributed by atoms with E-state index in [1.165, 1.54) is 4.90 Å². The summed E-state index contributed by atoms with van der Waals surface area (Å²) < 4.78 is 13.2. The molecule has 1 amide bonds. The van der Waals surface area contributed by atoms with E-state index >= 15 is 0 Å². The van der Waals surface area contributed by atoms with Crippen LogP contribution >= 0.6 is 0 Å². The van der Waals surface area contributed by atoms with E-state index in [4.69, 9.17) is 9.47 Å². The average Bonchev–Trinajstić information content (AvgIpc) is 3.19. The van der Waals surface area contributed by atoms with Crippen LogP contribution in [0.1, 0.15) is 22.8 Å². The Labute approximate surface area is 162 Å². The van der Waals surface area contributed by atoms with Crippen molar-refractivity contribution in [1.29, 1.82) is 0 Å². The number of fused-ring (bicyclic) bond motifs is 2. The first-order valence-corrected chi connectivity index (χ1v) is 9.03. The summed E-state index contributed by atoms with van der Waals surface area (Å²) in [4.78, 5) is 25.8. The van der Waals surface area contributed by atoms with Gasteiger partial charge in [-0.15, -0.1) is 0 Å². The first-order valence-electron chi connectivity index (χ1n) is 9.03. The summed E-state index contributed by atoms with van der Waals surface area (Å²) in [6.45, 7) is 2.91. The SMILES string of the molecule is CCn1cc(C=C2Oc3cc(OC(=O)N(C)C)ccc3C2=O)c2ccccc21. The van der Waals surface area contributed by atoms with Crippen molar-refractivity contribution in [3.05, 3.63) is 65.5 Å². The summed E-state index contributed by atoms with van der Waals surface area (Å²) in [6, 6.07) is 12.8. The number of hydrogen-bond acceptors (Lipinski definition) is 4. The van der Waals surface area contributed by atoms with E-state index in [1.807, 2.05) is 24.4 Å². The van der Waals surface area contributed by atoms with Crippen molar-refractivity contribution < 1.29 is 19.1 Å². The molecule has 0 aliphatic carbocycles. The lowest BCUT2D eigenvalue weighted by Crippen LogP contribution is -2.25. The minimum Gasteiger partial charge on any atom is -0.452 e. The summed E-state index contributed by atoms with van der Waals surface area (Å²) in [5.74, 6) is 0.785. The number of aromatic nitrogens is 1. The van der Waals surface area contributed by atoms with Gasteiger partial charge >= 0.3 is 6.09 Å². The summed E-state index contributed by atoms with van der Waals surface area (Å²) in [5.41, 5.74) is 2.49. The van der Waals surface area contributed by atoms with Gasteiger partial charge in [0.25, 0.3) is 0 Å². The van der Waals surface area contributed by atoms with Gasteiger partial charge in [0.15, 0.2) is 5.76 Å². The fourth-order valence-electron chi connectivity index (χ4n) is 3.22. The van der Waals surface area contributed by atoms with E-state index in [9.17, 15) is 9.59 Å². The predicted octanol–water partition coefficient (Wildman–Crippen LogP) is 4.34. The molecule has 0 saturated heterocycles. The molecule has 1 aliphatic heterocycles. The molecule has 1 aromatic heterocycles. The molecule has 0 atom stereocenters. The number of allylic oxidation sites excluding steroid dienone is 1. The zero-order valence-corrected chi connectivity index (χ0v) is 15.9. The Morgan fingerprint density at radius 1 is 1.21 bits per heavy atom. The Kier molecular flexibility index (Phi) is 4.39. The second kappa shape index (κ2) is 6.88. The fourth-order valence-corrected chi connectivity index (χ4v) is 3.22. The third-order valence-corrected chi connectivity index (χ3v) is 4.66. The Morgan fingerprint density at radius 3 is 2.75 bits per heavy atom. The Bertz CT molecular complexity index is 1120. The van der Waals surface area contributed by atoms with Gasteiger partial charge in [-0.25, -0.2) is 4.79 Å². The number of benzene rings is 2. The maximum absolute atomic E-state index is 12.7. The van der Waals surface area contributed by atoms with E-state index < -0.39 is 6.09 Å². The second-order valence-corrected chi connectivity index (χ2v) is 6.75. The van der Waals surface area contributed by atoms with E-state index in [0.29, 0.717) is 17.1 Å². The van der Waals surface area contributed by atoms with Crippen LogP contribution in [0.25, 0.3) is 17.0 Å². The molecule has 0 unspecified atom stereocenters. The molecule has 2 aromatic carbocycles. The number of carbonyl (C=O) groups is 2. The van der Waals surface area contributed by atoms with Crippen LogP contribution < -0.4 is 9.47 Å². The van der Waals surface area contributed by atoms with Gasteiger partial charge < -0.3 is 18.9 Å². The number of carbonyl (C=O) groups excluding carboxylic acids is 2. The molecule has 28 heavy (non-hydrogen) atoms. The third-order valence-electron chi connectivity index (χ3n) is 4.66. The van der Waals surface area contributed by atoms with Crippen molar-refractivity contribution >= 4 is 28.9 Å². The molecule has 0 fully saturated rings. The van der Waals surface area contributed by atoms with Crippen molar-refractivity contribution in [2.24, 2.45) is 0 Å². The Hall–Kier alpha value is -3.54. The number of hydrogen-bond donors (Lipinski definition) is 0. The second-order valence-electron chi connectivity index (χ2n) is 6.75. The maximum Gasteiger partial charge on any atom is 0.414 e. The molecule has 2 heterocycles. The zero-order valence-electron chi connectivity index (χ0n) is 15.9. The van der Waals surface area contributed by atoms with Crippen molar-refractivity contribution in [2.45, 2.75) is 13.5 Å². The number of amides is 1. The fraction of sp³-hybridized carbons (Fsp3) is 0.182. The lowest BCUT2D eigenvalue weighted by Gasteiger charge is -2.10. The van der Waals surface area contributed by atoms with Gasteiger partial charge in [-0.3, -0.25) is 4.79 Å². The normalized spacial score (nSPS) is 14.2. The van der Waals surface area contributed by atoms with Gasteiger partial charge in [0.1, 0.15) is 11.5 Å². The van der Waals surface area contributed by atoms with E-state index in [1.54, 1.807) is 38.4 Å². The van der Waals surface area contributed by atoms with Crippen LogP contribution in [0.2, 0.25) is 0 Å². The minimum atomic E-state index is -0.493. The highest BCUT2D eigenvalue weighted by Gasteiger charge is 2.28. The van der Waals surface area contributed by atoms with Crippen LogP contribution in [0, 0.1) is 0 Å². The highest BCUT2D eigenvalue weighted by molar-refractivity contribution is 6.15. The lowest BCUT2D eigenvalue weighted by molar-refractivity contribution is 0.101. The van der Waals surface area contributed by atoms with Gasteiger partial charge in [-0.1, -0.05) is 18.2 Å². The largest absolute Gasteiger partial charge is 0.452 e. The maximum atomic E-state index is 12.7. The van der Waals surface area contributed by atoms with Crippen LogP contribution in [0.4, 0.5) is 4.79 Å². The molecule has 0 bridgehead atoms. The predicted molar refractivity (Wildman–Crippen MR) is 107 cm³/mol. The number of Topliss-reactive ketones (excluding diaryl/α,β-unsaturated/α-hetero) is 1. The van der Waals surface area contributed by atoms with Crippen molar-refractivity contribution in [1.82, 2.24) is 9.47 Å². The third kappa shape index (κ3) is 3.03. The first kappa shape index (κ1) is 17.9. The van der Waals surface area contributed by atoms with Gasteiger partial charge in [0, 0.05) is 49.4 Å². The molecule has 0 spiro atoms. The smallest absolute Gasteiger partial charge is 0.414 e. The summed E-state index contributed by atoms with van der Waals surface area (Å²) in [6.07, 6.45) is 3.29. The van der Waals surface area contributed by atoms with Crippen molar-refractivity contribution in [3.63, 3.8) is 0 Å². The summed E-state index contributed by atoms with van der Waals surface area (Å²) in [7, 11) is 3.20. The molecule has 0 saturated carbocycles. The van der Waals surface area contributed by atoms with Crippen LogP contribution in [0.3, 0.4) is 0 Å². The van der Waals surface area contributed by atoms with Crippen LogP contribution in [0.5, 0.6) is 11.5 Å². The standard InChI is InChI=1S/C22H20N2O4/c1-4-24-13-14(16-7-5-6-8-18(16)24)11-20-21(25)17-10-9-15(12-19(17)28-20)27-22(26)23(2)3/h5-13H,4H2,1-3H3. The highest BCUT2D eigenvalue weighted by Crippen LogP contribution is 2.36. The molecule has 3 aromatic rings.